The topological polar surface area (TPSA) is 211 Å². The zero-order valence-electron chi connectivity index (χ0n) is 47.3. The van der Waals surface area contributed by atoms with Crippen LogP contribution in [0.25, 0.3) is 32.6 Å². The number of aliphatic hydroxyl groups is 1. The summed E-state index contributed by atoms with van der Waals surface area (Å²) in [6.07, 6.45) is 3.86. The minimum Gasteiger partial charge on any atom is -0.391 e. The number of β-amino-alcohol motifs (C(OH)–C–C–N with tert-alkyl or cyclic N) is 1. The Morgan fingerprint density at radius 2 is 1.59 bits per heavy atom. The first-order valence-corrected chi connectivity index (χ1v) is 30.3. The van der Waals surface area contributed by atoms with Crippen molar-refractivity contribution in [2.75, 3.05) is 81.3 Å². The fraction of sp³-hybridized carbons (Fsp3) is 0.467. The molecule has 1 unspecified atom stereocenters. The van der Waals surface area contributed by atoms with Crippen LogP contribution in [-0.4, -0.2) is 168 Å². The van der Waals surface area contributed by atoms with E-state index in [1.165, 1.54) is 11.1 Å². The first kappa shape index (κ1) is 59.6. The van der Waals surface area contributed by atoms with Gasteiger partial charge in [0.25, 0.3) is 11.3 Å². The highest BCUT2D eigenvalue weighted by Gasteiger charge is 2.45. The highest BCUT2D eigenvalue weighted by atomic mass is 32.2. The normalized spacial score (nSPS) is 20.8. The van der Waals surface area contributed by atoms with Gasteiger partial charge in [-0.1, -0.05) is 57.2 Å². The van der Waals surface area contributed by atoms with E-state index in [1.807, 2.05) is 88.7 Å². The second-order valence-electron chi connectivity index (χ2n) is 23.5. The van der Waals surface area contributed by atoms with Crippen LogP contribution in [0.4, 0.5) is 24.5 Å². The number of carbonyl (C=O) groups excluding carboxylic acids is 4. The number of hydrazine groups is 1. The molecular weight excluding hydrogens is 1110 g/mol. The minimum atomic E-state index is -2.83. The maximum atomic E-state index is 16.1. The van der Waals surface area contributed by atoms with Gasteiger partial charge in [-0.2, -0.15) is 4.41 Å². The number of aryl methyl sites for hydroxylation is 1. The van der Waals surface area contributed by atoms with Crippen LogP contribution in [-0.2, 0) is 25.7 Å². The number of anilines is 2. The number of pyridine rings is 1. The molecule has 0 saturated carbocycles. The Labute approximate surface area is 487 Å². The predicted octanol–water partition coefficient (Wildman–Crippen LogP) is 7.67. The molecule has 83 heavy (non-hydrogen) atoms. The van der Waals surface area contributed by atoms with E-state index in [2.05, 4.69) is 40.3 Å². The van der Waals surface area contributed by atoms with Crippen molar-refractivity contribution in [3.05, 3.63) is 119 Å². The molecule has 5 N–H and O–H groups in total. The van der Waals surface area contributed by atoms with Crippen molar-refractivity contribution in [3.8, 4) is 21.6 Å². The molecule has 4 aliphatic rings. The Hall–Kier alpha value is -6.60. The fourth-order valence-corrected chi connectivity index (χ4v) is 13.4. The summed E-state index contributed by atoms with van der Waals surface area (Å²) in [5.74, 6) is -4.02. The van der Waals surface area contributed by atoms with Crippen molar-refractivity contribution in [2.45, 2.75) is 97.1 Å². The number of ketones is 1. The predicted molar refractivity (Wildman–Crippen MR) is 314 cm³/mol. The van der Waals surface area contributed by atoms with E-state index in [-0.39, 0.29) is 62.4 Å². The SMILES string of the molecule is Cc1ncsc1-c1ccc([C@H](C)NC(=O)[C@@H]2C[C@@H](O)CN2C(=O)[C@@H](NC(=O)CN2CCCN(CC3CCN(c4ccc(-c5cnc6[nH]cc(C(=O)c7c(F)ccc(N(N8CC[C@@H](F)C8)S(=O)O)c7F)c6c5)cc4)CC3)CC2)C(C)(C)C)cc1. The lowest BCUT2D eigenvalue weighted by molar-refractivity contribution is -0.144. The number of aliphatic hydroxyl groups excluding tert-OH is 1. The number of hydrogen-bond acceptors (Lipinski definition) is 13. The van der Waals surface area contributed by atoms with E-state index in [4.69, 9.17) is 0 Å². The van der Waals surface area contributed by atoms with Crippen LogP contribution >= 0.6 is 11.3 Å². The van der Waals surface area contributed by atoms with Gasteiger partial charge in [-0.05, 0) is 111 Å². The van der Waals surface area contributed by atoms with Gasteiger partial charge in [0.05, 0.1) is 46.9 Å². The van der Waals surface area contributed by atoms with Gasteiger partial charge in [0.1, 0.15) is 35.4 Å². The van der Waals surface area contributed by atoms with Crippen molar-refractivity contribution in [3.63, 3.8) is 0 Å². The first-order valence-electron chi connectivity index (χ1n) is 28.4. The number of hydrogen-bond donors (Lipinski definition) is 5. The molecule has 3 aromatic carbocycles. The molecular formula is C60H72F3N11O7S2. The molecule has 6 atom stereocenters. The number of benzene rings is 3. The molecule has 6 aromatic rings. The Kier molecular flexibility index (Phi) is 18.2. The number of nitrogens with one attached hydrogen (secondary N) is 3. The van der Waals surface area contributed by atoms with Crippen LogP contribution in [0.1, 0.15) is 93.0 Å². The molecule has 3 aromatic heterocycles. The fourth-order valence-electron chi connectivity index (χ4n) is 12.0. The van der Waals surface area contributed by atoms with E-state index < -0.39 is 75.6 Å². The molecule has 0 aliphatic carbocycles. The number of thiazole rings is 1. The summed E-state index contributed by atoms with van der Waals surface area (Å²) in [4.78, 5) is 77.2. The zero-order chi connectivity index (χ0) is 58.9. The molecule has 4 fully saturated rings. The third-order valence-electron chi connectivity index (χ3n) is 16.6. The molecule has 23 heteroatoms. The third kappa shape index (κ3) is 13.4. The zero-order valence-corrected chi connectivity index (χ0v) is 49.0. The number of nitrogens with zero attached hydrogens (tertiary/aromatic N) is 8. The van der Waals surface area contributed by atoms with Crippen molar-refractivity contribution < 1.29 is 46.2 Å². The summed E-state index contributed by atoms with van der Waals surface area (Å²) >= 11 is -1.26. The van der Waals surface area contributed by atoms with E-state index in [9.17, 15) is 37.4 Å². The molecule has 10 rings (SSSR count). The molecule has 7 heterocycles. The van der Waals surface area contributed by atoms with Gasteiger partial charge in [-0.15, -0.1) is 11.3 Å². The number of amides is 3. The Bertz CT molecular complexity index is 3350. The largest absolute Gasteiger partial charge is 0.391 e. The van der Waals surface area contributed by atoms with Gasteiger partial charge in [0, 0.05) is 86.8 Å². The standard InChI is InChI=1S/C60H72F3N11O7S2/c1-36(39-7-9-41(10-8-39)55-37(2)66-35-82-55)67-58(78)50-28-45(75)33-73(50)59(79)56(60(3,4)5)68-51(76)34-70-21-6-20-69(25-26-70)31-38-17-22-71(23-18-38)44-13-11-40(12-14-44)42-27-46-47(30-65-57(46)64-29-42)54(77)52-48(62)15-16-49(53(52)63)74(83(80)81)72-24-19-43(61)32-72/h7-16,27,29-30,35-36,38,43,45,50,56,75H,6,17-26,28,31-34H2,1-5H3,(H,64,65)(H,67,78)(H,68,76)(H,80,81)/t36-,43+,45+,50-,56+/m0/s1. The molecule has 4 saturated heterocycles. The van der Waals surface area contributed by atoms with Crippen LogP contribution in [0.15, 0.2) is 84.6 Å². The molecule has 442 valence electrons. The summed E-state index contributed by atoms with van der Waals surface area (Å²) < 4.78 is 68.6. The van der Waals surface area contributed by atoms with E-state index in [0.717, 1.165) is 109 Å². The Morgan fingerprint density at radius 1 is 0.880 bits per heavy atom. The number of alkyl halides is 1. The molecule has 0 spiro atoms. The first-order chi connectivity index (χ1) is 39.7. The van der Waals surface area contributed by atoms with Crippen molar-refractivity contribution in [1.82, 2.24) is 45.3 Å². The number of rotatable bonds is 17. The monoisotopic (exact) mass is 1180 g/mol. The minimum absolute atomic E-state index is 0.00640. The number of likely N-dealkylation sites (tertiary alicyclic amines) is 1. The molecule has 0 radical (unpaired) electrons. The van der Waals surface area contributed by atoms with Crippen LogP contribution in [0.3, 0.4) is 0 Å². The summed E-state index contributed by atoms with van der Waals surface area (Å²) in [5.41, 5.74) is 5.42. The number of aromatic nitrogens is 3. The van der Waals surface area contributed by atoms with Crippen LogP contribution in [0, 0.1) is 29.9 Å². The second kappa shape index (κ2) is 25.3. The van der Waals surface area contributed by atoms with Crippen molar-refractivity contribution >= 4 is 68.5 Å². The number of fused-ring (bicyclic) bond motifs is 1. The van der Waals surface area contributed by atoms with E-state index in [1.54, 1.807) is 23.6 Å². The summed E-state index contributed by atoms with van der Waals surface area (Å²) in [5, 5.41) is 18.4. The maximum absolute atomic E-state index is 16.1. The molecule has 18 nitrogen and oxygen atoms in total. The highest BCUT2D eigenvalue weighted by molar-refractivity contribution is 7.80. The smallest absolute Gasteiger partial charge is 0.277 e. The van der Waals surface area contributed by atoms with Crippen molar-refractivity contribution in [1.29, 1.82) is 0 Å². The van der Waals surface area contributed by atoms with Crippen molar-refractivity contribution in [2.24, 2.45) is 11.3 Å². The van der Waals surface area contributed by atoms with Gasteiger partial charge in [-0.25, -0.2) is 32.4 Å². The number of aromatic amines is 1. The van der Waals surface area contributed by atoms with Crippen LogP contribution in [0.5, 0.6) is 0 Å². The lowest BCUT2D eigenvalue weighted by atomic mass is 9.85. The van der Waals surface area contributed by atoms with Gasteiger partial charge in [0.15, 0.2) is 5.82 Å². The number of H-pyrrole nitrogens is 1. The number of piperidine rings is 1. The molecule has 0 bridgehead atoms. The lowest BCUT2D eigenvalue weighted by Gasteiger charge is -2.36. The van der Waals surface area contributed by atoms with E-state index >= 15 is 8.78 Å². The molecule has 3 amide bonds. The lowest BCUT2D eigenvalue weighted by Crippen LogP contribution is -2.58. The van der Waals surface area contributed by atoms with E-state index in [0.29, 0.717) is 33.5 Å². The van der Waals surface area contributed by atoms with Crippen LogP contribution in [0.2, 0.25) is 0 Å². The van der Waals surface area contributed by atoms with Gasteiger partial charge in [-0.3, -0.25) is 28.6 Å². The Balaban J connectivity index is 0.696. The Morgan fingerprint density at radius 3 is 2.27 bits per heavy atom. The summed E-state index contributed by atoms with van der Waals surface area (Å²) in [7, 11) is 0. The average Bonchev–Trinajstić information content (AvgIpc) is 4.40. The maximum Gasteiger partial charge on any atom is 0.277 e. The number of carbonyl (C=O) groups is 4. The summed E-state index contributed by atoms with van der Waals surface area (Å²) in [6.45, 7) is 15.3. The summed E-state index contributed by atoms with van der Waals surface area (Å²) in [6, 6.07) is 17.3. The second-order valence-corrected chi connectivity index (χ2v) is 25.2. The highest BCUT2D eigenvalue weighted by Crippen LogP contribution is 2.35. The van der Waals surface area contributed by atoms with Gasteiger partial charge >= 0.3 is 0 Å². The third-order valence-corrected chi connectivity index (χ3v) is 18.3. The van der Waals surface area contributed by atoms with Gasteiger partial charge < -0.3 is 35.4 Å². The molecule has 4 aliphatic heterocycles. The van der Waals surface area contributed by atoms with Gasteiger partial charge in [0.2, 0.25) is 23.5 Å². The number of halogens is 3. The average molecular weight is 1180 g/mol. The quantitative estimate of drug-likeness (QED) is 0.0439. The van der Waals surface area contributed by atoms with Crippen LogP contribution < -0.4 is 19.9 Å².